The number of benzene rings is 1. The quantitative estimate of drug-likeness (QED) is 0.611. The van der Waals surface area contributed by atoms with Crippen LogP contribution < -0.4 is 5.32 Å². The van der Waals surface area contributed by atoms with Gasteiger partial charge in [-0.15, -0.1) is 0 Å². The first-order valence-corrected chi connectivity index (χ1v) is 10.6. The van der Waals surface area contributed by atoms with Gasteiger partial charge in [0.15, 0.2) is 0 Å². The summed E-state index contributed by atoms with van der Waals surface area (Å²) in [5.41, 5.74) is -3.76. The zero-order valence-corrected chi connectivity index (χ0v) is 18.9. The van der Waals surface area contributed by atoms with Gasteiger partial charge >= 0.3 is 12.4 Å². The van der Waals surface area contributed by atoms with Crippen molar-refractivity contribution in [2.75, 3.05) is 26.2 Å². The first-order chi connectivity index (χ1) is 15.0. The molecule has 2 amide bonds. The number of alkyl halides is 6. The van der Waals surface area contributed by atoms with Crippen LogP contribution in [0.4, 0.5) is 26.3 Å². The number of carbonyl (C=O) groups excluding carboxylic acids is 2. The van der Waals surface area contributed by atoms with E-state index in [1.54, 1.807) is 25.7 Å². The molecule has 0 radical (unpaired) electrons. The van der Waals surface area contributed by atoms with Crippen molar-refractivity contribution in [3.05, 3.63) is 34.9 Å². The summed E-state index contributed by atoms with van der Waals surface area (Å²) < 4.78 is 79.3. The third-order valence-electron chi connectivity index (χ3n) is 5.00. The van der Waals surface area contributed by atoms with Gasteiger partial charge in [0.25, 0.3) is 0 Å². The van der Waals surface area contributed by atoms with Crippen LogP contribution in [0.15, 0.2) is 18.2 Å². The standard InChI is InChI=1S/C22H29F6N3O2/c1-20(2,3)29-18(32)13-30(14-19(33)31-7-5-4-6-8-31)12-15-9-16(21(23,24)25)11-17(10-15)22(26,27)28/h9-11H,4-8,12-14H2,1-3H3,(H,29,32). The third kappa shape index (κ3) is 8.87. The molecule has 0 saturated carbocycles. The van der Waals surface area contributed by atoms with Crippen LogP contribution in [0.25, 0.3) is 0 Å². The van der Waals surface area contributed by atoms with E-state index in [9.17, 15) is 35.9 Å². The molecule has 1 heterocycles. The zero-order chi connectivity index (χ0) is 25.0. The van der Waals surface area contributed by atoms with E-state index in [4.69, 9.17) is 0 Å². The van der Waals surface area contributed by atoms with Gasteiger partial charge in [-0.25, -0.2) is 0 Å². The number of hydrogen-bond donors (Lipinski definition) is 1. The molecule has 1 aromatic rings. The lowest BCUT2D eigenvalue weighted by molar-refractivity contribution is -0.143. The normalized spacial score (nSPS) is 15.6. The minimum Gasteiger partial charge on any atom is -0.350 e. The maximum atomic E-state index is 13.2. The van der Waals surface area contributed by atoms with E-state index in [1.807, 2.05) is 0 Å². The highest BCUT2D eigenvalue weighted by Gasteiger charge is 2.37. The van der Waals surface area contributed by atoms with Crippen LogP contribution in [0.3, 0.4) is 0 Å². The van der Waals surface area contributed by atoms with Crippen molar-refractivity contribution in [2.24, 2.45) is 0 Å². The average Bonchev–Trinajstić information content (AvgIpc) is 2.65. The molecule has 0 spiro atoms. The molecule has 1 aromatic carbocycles. The third-order valence-corrected chi connectivity index (χ3v) is 5.00. The molecule has 1 saturated heterocycles. The molecule has 5 nitrogen and oxygen atoms in total. The van der Waals surface area contributed by atoms with Gasteiger partial charge in [0.05, 0.1) is 24.2 Å². The summed E-state index contributed by atoms with van der Waals surface area (Å²) in [4.78, 5) is 28.0. The summed E-state index contributed by atoms with van der Waals surface area (Å²) in [7, 11) is 0. The number of halogens is 6. The van der Waals surface area contributed by atoms with Gasteiger partial charge in [0.1, 0.15) is 0 Å². The summed E-state index contributed by atoms with van der Waals surface area (Å²) in [5, 5.41) is 2.69. The van der Waals surface area contributed by atoms with Gasteiger partial charge < -0.3 is 10.2 Å². The van der Waals surface area contributed by atoms with E-state index in [-0.39, 0.29) is 30.6 Å². The van der Waals surface area contributed by atoms with Crippen molar-refractivity contribution in [3.63, 3.8) is 0 Å². The van der Waals surface area contributed by atoms with Crippen molar-refractivity contribution in [3.8, 4) is 0 Å². The van der Waals surface area contributed by atoms with Crippen LogP contribution in [-0.4, -0.2) is 53.3 Å². The molecule has 11 heteroatoms. The first-order valence-electron chi connectivity index (χ1n) is 10.6. The second-order valence-electron chi connectivity index (χ2n) is 9.30. The Hall–Kier alpha value is -2.30. The number of piperidine rings is 1. The largest absolute Gasteiger partial charge is 0.416 e. The molecule has 1 aliphatic rings. The highest BCUT2D eigenvalue weighted by molar-refractivity contribution is 5.81. The topological polar surface area (TPSA) is 52.7 Å². The Kier molecular flexibility index (Phi) is 8.42. The fourth-order valence-corrected chi connectivity index (χ4v) is 3.63. The van der Waals surface area contributed by atoms with Crippen molar-refractivity contribution < 1.29 is 35.9 Å². The van der Waals surface area contributed by atoms with E-state index in [1.165, 1.54) is 4.90 Å². The second-order valence-corrected chi connectivity index (χ2v) is 9.30. The minimum atomic E-state index is -4.98. The van der Waals surface area contributed by atoms with Crippen LogP contribution in [0, 0.1) is 0 Å². The predicted octanol–water partition coefficient (Wildman–Crippen LogP) is 4.45. The van der Waals surface area contributed by atoms with E-state index in [2.05, 4.69) is 5.32 Å². The van der Waals surface area contributed by atoms with Crippen molar-refractivity contribution in [2.45, 2.75) is 64.5 Å². The number of amides is 2. The van der Waals surface area contributed by atoms with Crippen LogP contribution in [0.5, 0.6) is 0 Å². The second kappa shape index (κ2) is 10.3. The molecule has 0 unspecified atom stereocenters. The molecule has 0 bridgehead atoms. The van der Waals surface area contributed by atoms with Crippen LogP contribution in [0.1, 0.15) is 56.7 Å². The summed E-state index contributed by atoms with van der Waals surface area (Å²) in [6, 6.07) is 1.30. The molecule has 2 rings (SSSR count). The molecule has 1 N–H and O–H groups in total. The monoisotopic (exact) mass is 481 g/mol. The Morgan fingerprint density at radius 2 is 1.39 bits per heavy atom. The minimum absolute atomic E-state index is 0.0546. The van der Waals surface area contributed by atoms with Crippen molar-refractivity contribution in [1.82, 2.24) is 15.1 Å². The van der Waals surface area contributed by atoms with E-state index < -0.39 is 41.5 Å². The Morgan fingerprint density at radius 1 is 0.879 bits per heavy atom. The molecule has 33 heavy (non-hydrogen) atoms. The molecule has 0 aliphatic carbocycles. The summed E-state index contributed by atoms with van der Waals surface area (Å²) in [6.07, 6.45) is -7.34. The van der Waals surface area contributed by atoms with Gasteiger partial charge in [-0.2, -0.15) is 26.3 Å². The maximum absolute atomic E-state index is 13.2. The smallest absolute Gasteiger partial charge is 0.350 e. The molecule has 0 atom stereocenters. The van der Waals surface area contributed by atoms with Crippen LogP contribution in [-0.2, 0) is 28.5 Å². The van der Waals surface area contributed by atoms with Gasteiger partial charge in [-0.3, -0.25) is 14.5 Å². The van der Waals surface area contributed by atoms with Crippen LogP contribution >= 0.6 is 0 Å². The Bertz CT molecular complexity index is 808. The van der Waals surface area contributed by atoms with Gasteiger partial charge in [-0.1, -0.05) is 0 Å². The maximum Gasteiger partial charge on any atom is 0.416 e. The highest BCUT2D eigenvalue weighted by Crippen LogP contribution is 2.36. The molecular formula is C22H29F6N3O2. The van der Waals surface area contributed by atoms with Crippen molar-refractivity contribution in [1.29, 1.82) is 0 Å². The van der Waals surface area contributed by atoms with Gasteiger partial charge in [0.2, 0.25) is 11.8 Å². The number of hydrogen-bond acceptors (Lipinski definition) is 3. The lowest BCUT2D eigenvalue weighted by Gasteiger charge is -2.30. The van der Waals surface area contributed by atoms with Crippen LogP contribution in [0.2, 0.25) is 0 Å². The van der Waals surface area contributed by atoms with E-state index in [0.717, 1.165) is 19.3 Å². The number of nitrogens with zero attached hydrogens (tertiary/aromatic N) is 2. The molecule has 1 aliphatic heterocycles. The molecule has 1 fully saturated rings. The Labute approximate surface area is 189 Å². The molecular weight excluding hydrogens is 452 g/mol. The highest BCUT2D eigenvalue weighted by atomic mass is 19.4. The fourth-order valence-electron chi connectivity index (χ4n) is 3.63. The fraction of sp³-hybridized carbons (Fsp3) is 0.636. The Balaban J connectivity index is 2.31. The molecule has 186 valence electrons. The number of carbonyl (C=O) groups is 2. The van der Waals surface area contributed by atoms with Gasteiger partial charge in [-0.05, 0) is 63.8 Å². The lowest BCUT2D eigenvalue weighted by atomic mass is 10.0. The predicted molar refractivity (Wildman–Crippen MR) is 110 cm³/mol. The lowest BCUT2D eigenvalue weighted by Crippen LogP contribution is -2.48. The first kappa shape index (κ1) is 26.9. The summed E-state index contributed by atoms with van der Waals surface area (Å²) >= 11 is 0. The van der Waals surface area contributed by atoms with E-state index in [0.29, 0.717) is 25.2 Å². The summed E-state index contributed by atoms with van der Waals surface area (Å²) in [5.74, 6) is -0.807. The zero-order valence-electron chi connectivity index (χ0n) is 18.9. The van der Waals surface area contributed by atoms with Crippen molar-refractivity contribution >= 4 is 11.8 Å². The number of likely N-dealkylation sites (tertiary alicyclic amines) is 1. The summed E-state index contributed by atoms with van der Waals surface area (Å²) in [6.45, 7) is 5.18. The average molecular weight is 481 g/mol. The number of rotatable bonds is 6. The SMILES string of the molecule is CC(C)(C)NC(=O)CN(CC(=O)N1CCCCC1)Cc1cc(C(F)(F)F)cc(C(F)(F)F)c1. The number of nitrogens with one attached hydrogen (secondary N) is 1. The molecule has 0 aromatic heterocycles. The van der Waals surface area contributed by atoms with E-state index >= 15 is 0 Å². The Morgan fingerprint density at radius 3 is 1.85 bits per heavy atom. The van der Waals surface area contributed by atoms with Gasteiger partial charge in [0, 0.05) is 25.2 Å².